The second-order valence-electron chi connectivity index (χ2n) is 6.52. The summed E-state index contributed by atoms with van der Waals surface area (Å²) >= 11 is 1.34. The van der Waals surface area contributed by atoms with Gasteiger partial charge in [0.05, 0.1) is 12.1 Å². The molecule has 3 rings (SSSR count). The lowest BCUT2D eigenvalue weighted by atomic mass is 10.1. The highest BCUT2D eigenvalue weighted by Crippen LogP contribution is 2.26. The molecule has 0 radical (unpaired) electrons. The zero-order valence-electron chi connectivity index (χ0n) is 14.5. The fraction of sp³-hybridized carbons (Fsp3) is 0.421. The van der Waals surface area contributed by atoms with Gasteiger partial charge in [-0.2, -0.15) is 0 Å². The first kappa shape index (κ1) is 18.5. The van der Waals surface area contributed by atoms with Crippen LogP contribution in [0, 0.1) is 11.7 Å². The number of aromatic nitrogens is 1. The second-order valence-corrected chi connectivity index (χ2v) is 7.38. The Labute approximate surface area is 156 Å². The minimum Gasteiger partial charge on any atom is -0.355 e. The number of halogens is 1. The van der Waals surface area contributed by atoms with Gasteiger partial charge in [0, 0.05) is 17.8 Å². The summed E-state index contributed by atoms with van der Waals surface area (Å²) < 4.78 is 12.8. The maximum Gasteiger partial charge on any atom is 0.229 e. The van der Waals surface area contributed by atoms with Crippen LogP contribution in [0.4, 0.5) is 9.52 Å². The number of anilines is 1. The molecule has 0 unspecified atom stereocenters. The third-order valence-corrected chi connectivity index (χ3v) is 5.31. The summed E-state index contributed by atoms with van der Waals surface area (Å²) in [4.78, 5) is 28.4. The molecule has 138 valence electrons. The first-order valence-electron chi connectivity index (χ1n) is 8.86. The van der Waals surface area contributed by atoms with Crippen LogP contribution in [-0.2, 0) is 22.4 Å². The number of hydrogen-bond donors (Lipinski definition) is 2. The third kappa shape index (κ3) is 5.36. The van der Waals surface area contributed by atoms with Gasteiger partial charge in [-0.05, 0) is 37.0 Å². The molecule has 7 heteroatoms. The van der Waals surface area contributed by atoms with Crippen molar-refractivity contribution in [1.82, 2.24) is 10.3 Å². The number of nitrogens with zero attached hydrogens (tertiary/aromatic N) is 1. The van der Waals surface area contributed by atoms with E-state index in [1.54, 1.807) is 17.5 Å². The van der Waals surface area contributed by atoms with Crippen molar-refractivity contribution in [1.29, 1.82) is 0 Å². The van der Waals surface area contributed by atoms with E-state index in [0.717, 1.165) is 31.2 Å². The summed E-state index contributed by atoms with van der Waals surface area (Å²) in [6.45, 7) is 0.486. The van der Waals surface area contributed by atoms with Gasteiger partial charge in [0.2, 0.25) is 11.8 Å². The molecule has 2 N–H and O–H groups in total. The van der Waals surface area contributed by atoms with Crippen molar-refractivity contribution in [2.24, 2.45) is 5.92 Å². The van der Waals surface area contributed by atoms with Crippen molar-refractivity contribution in [2.75, 3.05) is 11.9 Å². The predicted molar refractivity (Wildman–Crippen MR) is 99.5 cm³/mol. The molecule has 0 aliphatic heterocycles. The first-order chi connectivity index (χ1) is 12.6. The van der Waals surface area contributed by atoms with E-state index < -0.39 is 0 Å². The maximum atomic E-state index is 12.8. The quantitative estimate of drug-likeness (QED) is 0.780. The van der Waals surface area contributed by atoms with Crippen LogP contribution >= 0.6 is 11.3 Å². The van der Waals surface area contributed by atoms with Crippen LogP contribution in [0.25, 0.3) is 0 Å². The summed E-state index contributed by atoms with van der Waals surface area (Å²) in [6, 6.07) is 6.24. The Hall–Kier alpha value is -2.28. The Balaban J connectivity index is 1.40. The molecule has 5 nitrogen and oxygen atoms in total. The molecule has 0 atom stereocenters. The third-order valence-electron chi connectivity index (χ3n) is 4.50. The van der Waals surface area contributed by atoms with Crippen LogP contribution in [0.1, 0.15) is 36.9 Å². The van der Waals surface area contributed by atoms with Gasteiger partial charge in [0.1, 0.15) is 5.82 Å². The molecule has 1 fully saturated rings. The SMILES string of the molecule is O=C(Cc1csc(NC(=O)C2CCCC2)n1)NCCc1ccc(F)cc1. The van der Waals surface area contributed by atoms with Crippen LogP contribution in [0.5, 0.6) is 0 Å². The molecule has 1 aliphatic rings. The van der Waals surface area contributed by atoms with E-state index in [1.165, 1.54) is 23.5 Å². The number of rotatable bonds is 7. The van der Waals surface area contributed by atoms with Crippen LogP contribution < -0.4 is 10.6 Å². The van der Waals surface area contributed by atoms with Crippen molar-refractivity contribution in [3.63, 3.8) is 0 Å². The van der Waals surface area contributed by atoms with E-state index in [9.17, 15) is 14.0 Å². The van der Waals surface area contributed by atoms with Gasteiger partial charge in [-0.3, -0.25) is 9.59 Å². The Morgan fingerprint density at radius 3 is 2.65 bits per heavy atom. The van der Waals surface area contributed by atoms with Gasteiger partial charge in [0.25, 0.3) is 0 Å². The average Bonchev–Trinajstić information content (AvgIpc) is 3.29. The fourth-order valence-corrected chi connectivity index (χ4v) is 3.78. The lowest BCUT2D eigenvalue weighted by Crippen LogP contribution is -2.27. The highest BCUT2D eigenvalue weighted by Gasteiger charge is 2.23. The normalized spacial score (nSPS) is 14.3. The summed E-state index contributed by atoms with van der Waals surface area (Å²) in [6.07, 6.45) is 4.94. The number of amides is 2. The van der Waals surface area contributed by atoms with E-state index in [0.29, 0.717) is 23.8 Å². The van der Waals surface area contributed by atoms with Crippen LogP contribution in [0.2, 0.25) is 0 Å². The summed E-state index contributed by atoms with van der Waals surface area (Å²) in [5.74, 6) is -0.257. The maximum absolute atomic E-state index is 12.8. The van der Waals surface area contributed by atoms with Gasteiger partial charge in [-0.1, -0.05) is 25.0 Å². The molecule has 26 heavy (non-hydrogen) atoms. The number of carbonyl (C=O) groups is 2. The summed E-state index contributed by atoms with van der Waals surface area (Å²) in [5, 5.41) is 8.03. The molecular weight excluding hydrogens is 353 g/mol. The number of hydrogen-bond acceptors (Lipinski definition) is 4. The highest BCUT2D eigenvalue weighted by molar-refractivity contribution is 7.13. The Bertz CT molecular complexity index is 754. The minimum atomic E-state index is -0.267. The van der Waals surface area contributed by atoms with Crippen molar-refractivity contribution in [3.8, 4) is 0 Å². The summed E-state index contributed by atoms with van der Waals surface area (Å²) in [5.41, 5.74) is 1.62. The van der Waals surface area contributed by atoms with E-state index >= 15 is 0 Å². The van der Waals surface area contributed by atoms with Gasteiger partial charge >= 0.3 is 0 Å². The largest absolute Gasteiger partial charge is 0.355 e. The second kappa shape index (κ2) is 8.89. The van der Waals surface area contributed by atoms with E-state index in [2.05, 4.69) is 15.6 Å². The van der Waals surface area contributed by atoms with Crippen LogP contribution in [0.15, 0.2) is 29.6 Å². The van der Waals surface area contributed by atoms with E-state index in [-0.39, 0.29) is 30.0 Å². The zero-order chi connectivity index (χ0) is 18.4. The number of thiazole rings is 1. The van der Waals surface area contributed by atoms with Crippen molar-refractivity contribution >= 4 is 28.3 Å². The molecule has 2 amide bonds. The standard InChI is InChI=1S/C19H22FN3O2S/c20-15-7-5-13(6-8-15)9-10-21-17(24)11-16-12-26-19(22-16)23-18(25)14-3-1-2-4-14/h5-8,12,14H,1-4,9-11H2,(H,21,24)(H,22,23,25). The molecule has 1 saturated carbocycles. The fourth-order valence-electron chi connectivity index (χ4n) is 3.07. The molecule has 0 spiro atoms. The average molecular weight is 375 g/mol. The molecule has 1 aliphatic carbocycles. The Kier molecular flexibility index (Phi) is 6.33. The van der Waals surface area contributed by atoms with Crippen molar-refractivity contribution < 1.29 is 14.0 Å². The number of benzene rings is 1. The zero-order valence-corrected chi connectivity index (χ0v) is 15.3. The predicted octanol–water partition coefficient (Wildman–Crippen LogP) is 3.31. The smallest absolute Gasteiger partial charge is 0.229 e. The topological polar surface area (TPSA) is 71.1 Å². The number of carbonyl (C=O) groups excluding carboxylic acids is 2. The van der Waals surface area contributed by atoms with E-state index in [1.807, 2.05) is 0 Å². The molecule has 0 bridgehead atoms. The van der Waals surface area contributed by atoms with Crippen molar-refractivity contribution in [2.45, 2.75) is 38.5 Å². The first-order valence-corrected chi connectivity index (χ1v) is 9.74. The number of nitrogens with one attached hydrogen (secondary N) is 2. The van der Waals surface area contributed by atoms with Gasteiger partial charge in [-0.15, -0.1) is 11.3 Å². The Morgan fingerprint density at radius 1 is 1.19 bits per heavy atom. The monoisotopic (exact) mass is 375 g/mol. The van der Waals surface area contributed by atoms with Gasteiger partial charge in [-0.25, -0.2) is 9.37 Å². The van der Waals surface area contributed by atoms with E-state index in [4.69, 9.17) is 0 Å². The van der Waals surface area contributed by atoms with Crippen LogP contribution in [-0.4, -0.2) is 23.3 Å². The molecule has 2 aromatic rings. The van der Waals surface area contributed by atoms with Crippen molar-refractivity contribution in [3.05, 3.63) is 46.7 Å². The Morgan fingerprint density at radius 2 is 1.92 bits per heavy atom. The molecular formula is C19H22FN3O2S. The lowest BCUT2D eigenvalue weighted by molar-refractivity contribution is -0.120. The minimum absolute atomic E-state index is 0.0344. The van der Waals surface area contributed by atoms with Gasteiger partial charge < -0.3 is 10.6 Å². The molecule has 1 aromatic heterocycles. The molecule has 1 aromatic carbocycles. The summed E-state index contributed by atoms with van der Waals surface area (Å²) in [7, 11) is 0. The lowest BCUT2D eigenvalue weighted by Gasteiger charge is -2.07. The molecule has 1 heterocycles. The highest BCUT2D eigenvalue weighted by atomic mass is 32.1. The van der Waals surface area contributed by atoms with Gasteiger partial charge in [0.15, 0.2) is 5.13 Å². The van der Waals surface area contributed by atoms with Crippen LogP contribution in [0.3, 0.4) is 0 Å². The molecule has 0 saturated heterocycles.